The van der Waals surface area contributed by atoms with E-state index < -0.39 is 396 Å². The third kappa shape index (κ3) is 22.9. The molecule has 31 N–H and O–H groups in total. The number of amides is 5. The summed E-state index contributed by atoms with van der Waals surface area (Å²) in [7, 11) is 0. The summed E-state index contributed by atoms with van der Waals surface area (Å²) in [6.45, 7) is -4.36. The summed E-state index contributed by atoms with van der Waals surface area (Å²) >= 11 is 0. The molecule has 10 rings (SSSR count). The summed E-state index contributed by atoms with van der Waals surface area (Å²) in [5.74, 6) is -4.65. The van der Waals surface area contributed by atoms with Crippen molar-refractivity contribution in [3.63, 3.8) is 0 Å². The smallest absolute Gasteiger partial charge is 0.217 e. The Morgan fingerprint density at radius 3 is 0.928 bits per heavy atom. The van der Waals surface area contributed by atoms with Crippen LogP contribution in [0.4, 0.5) is 0 Å². The molecule has 0 aliphatic carbocycles. The lowest BCUT2D eigenvalue weighted by molar-refractivity contribution is -0.400. The molecule has 10 fully saturated rings. The fraction of sp³-hybridized carbons (Fsp3) is 0.929. The van der Waals surface area contributed by atoms with Crippen molar-refractivity contribution < 1.29 is 247 Å². The topological polar surface area (TPSA) is 847 Å². The minimum Gasteiger partial charge on any atom is -0.394 e. The van der Waals surface area contributed by atoms with Crippen LogP contribution in [0.5, 0.6) is 0 Å². The van der Waals surface area contributed by atoms with Crippen LogP contribution in [-0.2, 0) is 114 Å². The minimum atomic E-state index is -2.66. The van der Waals surface area contributed by atoms with Gasteiger partial charge in [-0.25, -0.2) is 0 Å². The van der Waals surface area contributed by atoms with E-state index >= 15 is 0 Å². The highest BCUT2D eigenvalue weighted by Crippen LogP contribution is 2.41. The molecule has 50 atom stereocenters. The summed E-state index contributed by atoms with van der Waals surface area (Å²) in [5.41, 5.74) is 0. The van der Waals surface area contributed by atoms with Crippen LogP contribution in [0.3, 0.4) is 0 Å². The van der Waals surface area contributed by atoms with Crippen LogP contribution in [0.2, 0.25) is 0 Å². The van der Waals surface area contributed by atoms with Crippen molar-refractivity contribution in [1.29, 1.82) is 0 Å². The standard InChI is InChI=1S/C70H117N5O50/c1-16-36(89)46(99)49(102)66(108-16)122-57-35(75-21(6)88)61(106)109-29(14-83)56(57)121-64-33(73-19(4)86)44(97)54(27(12-81)114-64)120-68-52(105)58(123-70-59(48(101)40(93)25(10-79)113-70)124-65-34(74-20(5)87)45(98)53(26(11-80)115-65)119-67-50(103)47(100)39(92)24(9-78)112-67)41(94)30(117-68)15-107-69-60(125-63-32(72-18(3)85)43(96)38(91)23(8-77)111-63)51(104)55(28(13-82)116-69)118-62-31(71-17(2)84)42(95)37(90)22(7-76)110-62/h16,22-70,76-83,89-106H,7-15H2,1-6H3,(H,71,84)(H,72,85)(H,73,86)(H,74,87)(H,75,88)/t16-,22+,23+,24+,25+,26+,27+,28+,29+,30+,31+,32+,33+,34+,35+,36+,37+,38+,39-,40+,41+,42+,43+,44+,45+,46+,47-,48-,49-,50+,51-,52-,53+,54+,55+,56+,57+,58-,59-,60-,61+,62-,63-,64-,65-,66-,67-,68-,69-,70+/m0/s1. The van der Waals surface area contributed by atoms with Crippen molar-refractivity contribution in [2.75, 3.05) is 59.5 Å². The monoisotopic (exact) mass is 1830 g/mol. The molecular weight excluding hydrogens is 1710 g/mol. The van der Waals surface area contributed by atoms with Gasteiger partial charge in [0.25, 0.3) is 0 Å². The Labute approximate surface area is 708 Å². The Bertz CT molecular complexity index is 3420. The second kappa shape index (κ2) is 44.9. The molecule has 0 bridgehead atoms. The molecule has 125 heavy (non-hydrogen) atoms. The Balaban J connectivity index is 1.03. The molecular formula is C70H117N5O50. The maximum absolute atomic E-state index is 13.4. The van der Waals surface area contributed by atoms with Crippen LogP contribution in [0.15, 0.2) is 0 Å². The van der Waals surface area contributed by atoms with E-state index in [1.165, 1.54) is 6.92 Å². The Morgan fingerprint density at radius 2 is 0.504 bits per heavy atom. The zero-order valence-corrected chi connectivity index (χ0v) is 67.7. The van der Waals surface area contributed by atoms with Crippen molar-refractivity contribution in [2.45, 2.75) is 348 Å². The lowest BCUT2D eigenvalue weighted by Crippen LogP contribution is -2.71. The molecule has 55 nitrogen and oxygen atoms in total. The number of hydrogen-bond acceptors (Lipinski definition) is 50. The zero-order valence-electron chi connectivity index (χ0n) is 67.7. The van der Waals surface area contributed by atoms with Crippen LogP contribution in [0.1, 0.15) is 41.5 Å². The number of carbonyl (C=O) groups excluding carboxylic acids is 5. The van der Waals surface area contributed by atoms with Crippen LogP contribution < -0.4 is 26.6 Å². The molecule has 10 aliphatic rings. The van der Waals surface area contributed by atoms with Gasteiger partial charge in [0, 0.05) is 34.6 Å². The summed E-state index contributed by atoms with van der Waals surface area (Å²) in [6.07, 6.45) is -94.6. The molecule has 0 aromatic rings. The first-order valence-corrected chi connectivity index (χ1v) is 40.0. The highest BCUT2D eigenvalue weighted by atomic mass is 16.8. The van der Waals surface area contributed by atoms with Gasteiger partial charge in [0.15, 0.2) is 62.9 Å². The average molecular weight is 1830 g/mol. The highest BCUT2D eigenvalue weighted by molar-refractivity contribution is 5.75. The molecule has 0 unspecified atom stereocenters. The van der Waals surface area contributed by atoms with E-state index in [1.54, 1.807) is 0 Å². The van der Waals surface area contributed by atoms with E-state index in [9.17, 15) is 157 Å². The molecule has 0 aromatic carbocycles. The fourth-order valence-corrected chi connectivity index (χ4v) is 16.3. The van der Waals surface area contributed by atoms with Gasteiger partial charge in [-0.05, 0) is 6.92 Å². The number of nitrogens with one attached hydrogen (secondary N) is 5. The molecule has 0 saturated carbocycles. The SMILES string of the molecule is CC(=O)N[C@@H]1[C@@H](O[C@@H]2O[C@@H](C)[C@@H](O)[C@@H](O)[C@@H]2O)[C@H](O[C@@H]2O[C@H](CO)[C@@H](O[C@@H]3O[C@H](CO[C@H]4O[C@H](CO)[C@@H](O[C@@H]5O[C@H](CO)[C@@H](O)[C@H](O)[C@H]5NC(C)=O)[C@H](O)[C@@H]4O[C@@H]4O[C@H](CO)[C@@H](O)[C@H](O)[C@H]4NC(C)=O)[C@@H](O)[C@H](O[C@H]4O[C@H](CO)[C@@H](O)[C@H](O)[C@@H]4O[C@@H]4O[C@H](CO)[C@@H](O[C@@H]5O[C@H](CO)[C@H](O)[C@H](O)[C@H]5O)[C@H](O)[C@H]4NC(C)=O)[C@@H]3O)[C@H](O)[C@H]2NC(C)=O)[C@@H](CO)O[C@H]1O. The van der Waals surface area contributed by atoms with Crippen molar-refractivity contribution in [3.05, 3.63) is 0 Å². The number of aliphatic hydroxyl groups is 26. The first-order chi connectivity index (χ1) is 59.1. The van der Waals surface area contributed by atoms with Gasteiger partial charge < -0.3 is 249 Å². The van der Waals surface area contributed by atoms with Crippen LogP contribution in [0.25, 0.3) is 0 Å². The van der Waals surface area contributed by atoms with Gasteiger partial charge >= 0.3 is 0 Å². The normalized spacial score (nSPS) is 48.7. The fourth-order valence-electron chi connectivity index (χ4n) is 16.3. The number of rotatable bonds is 32. The first kappa shape index (κ1) is 103. The van der Waals surface area contributed by atoms with E-state index in [0.717, 1.165) is 34.6 Å². The molecule has 10 aliphatic heterocycles. The van der Waals surface area contributed by atoms with Gasteiger partial charge in [0.05, 0.1) is 65.6 Å². The Morgan fingerprint density at radius 1 is 0.224 bits per heavy atom. The lowest BCUT2D eigenvalue weighted by atomic mass is 9.93. The van der Waals surface area contributed by atoms with E-state index in [0.29, 0.717) is 0 Å². The maximum Gasteiger partial charge on any atom is 0.217 e. The summed E-state index contributed by atoms with van der Waals surface area (Å²) < 4.78 is 115. The predicted octanol–water partition coefficient (Wildman–Crippen LogP) is -21.1. The predicted molar refractivity (Wildman–Crippen MR) is 386 cm³/mol. The molecule has 5 amide bonds. The van der Waals surface area contributed by atoms with Gasteiger partial charge in [-0.3, -0.25) is 24.0 Å². The molecule has 0 spiro atoms. The second-order valence-electron chi connectivity index (χ2n) is 31.7. The lowest BCUT2D eigenvalue weighted by Gasteiger charge is -2.51. The number of hydrogen-bond donors (Lipinski definition) is 31. The third-order valence-electron chi connectivity index (χ3n) is 22.8. The number of ether oxygens (including phenoxy) is 19. The largest absolute Gasteiger partial charge is 0.394 e. The van der Waals surface area contributed by atoms with Gasteiger partial charge in [0.1, 0.15) is 238 Å². The molecule has 10 saturated heterocycles. The summed E-state index contributed by atoms with van der Waals surface area (Å²) in [6, 6.07) is -9.48. The van der Waals surface area contributed by atoms with E-state index in [-0.39, 0.29) is 0 Å². The van der Waals surface area contributed by atoms with Gasteiger partial charge in [-0.2, -0.15) is 0 Å². The van der Waals surface area contributed by atoms with Crippen molar-refractivity contribution in [2.24, 2.45) is 0 Å². The molecule has 55 heteroatoms. The Kier molecular flexibility index (Phi) is 36.8. The second-order valence-corrected chi connectivity index (χ2v) is 31.7. The van der Waals surface area contributed by atoms with Crippen LogP contribution >= 0.6 is 0 Å². The number of aliphatic hydroxyl groups excluding tert-OH is 26. The third-order valence-corrected chi connectivity index (χ3v) is 22.8. The minimum absolute atomic E-state index is 0.867. The highest BCUT2D eigenvalue weighted by Gasteiger charge is 2.62. The average Bonchev–Trinajstić information content (AvgIpc) is 0.764. The van der Waals surface area contributed by atoms with Gasteiger partial charge in [0.2, 0.25) is 29.5 Å². The van der Waals surface area contributed by atoms with Crippen molar-refractivity contribution in [1.82, 2.24) is 26.6 Å². The van der Waals surface area contributed by atoms with E-state index in [2.05, 4.69) is 26.6 Å². The molecule has 0 radical (unpaired) electrons. The van der Waals surface area contributed by atoms with Crippen molar-refractivity contribution in [3.8, 4) is 0 Å². The quantitative estimate of drug-likeness (QED) is 0.0297. The van der Waals surface area contributed by atoms with E-state index in [1.807, 2.05) is 0 Å². The first-order valence-electron chi connectivity index (χ1n) is 40.0. The number of carbonyl (C=O) groups is 5. The summed E-state index contributed by atoms with van der Waals surface area (Å²) in [4.78, 5) is 64.6. The summed E-state index contributed by atoms with van der Waals surface area (Å²) in [5, 5.41) is 304. The molecule has 0 aromatic heterocycles. The van der Waals surface area contributed by atoms with Crippen molar-refractivity contribution >= 4 is 29.5 Å². The maximum atomic E-state index is 13.4. The van der Waals surface area contributed by atoms with Crippen LogP contribution in [-0.4, -0.2) is 529 Å². The molecule has 10 heterocycles. The van der Waals surface area contributed by atoms with Gasteiger partial charge in [-0.15, -0.1) is 0 Å². The van der Waals surface area contributed by atoms with Gasteiger partial charge in [-0.1, -0.05) is 0 Å². The Hall–Kier alpha value is -4.45. The van der Waals surface area contributed by atoms with Crippen LogP contribution in [0, 0.1) is 0 Å². The molecule has 722 valence electrons. The van der Waals surface area contributed by atoms with E-state index in [4.69, 9.17) is 90.0 Å². The zero-order chi connectivity index (χ0) is 92.1.